The first kappa shape index (κ1) is 23.4. The van der Waals surface area contributed by atoms with E-state index in [1.807, 2.05) is 0 Å². The van der Waals surface area contributed by atoms with E-state index in [1.165, 1.54) is 25.6 Å². The Morgan fingerprint density at radius 3 is 2.64 bits per heavy atom. The zero-order chi connectivity index (χ0) is 24.0. The van der Waals surface area contributed by atoms with Gasteiger partial charge >= 0.3 is 0 Å². The molecule has 3 aromatic heterocycles. The molecule has 1 aliphatic heterocycles. The van der Waals surface area contributed by atoms with Gasteiger partial charge in [0.2, 0.25) is 5.95 Å². The summed E-state index contributed by atoms with van der Waals surface area (Å²) in [5.41, 5.74) is 0.549. The lowest BCUT2D eigenvalue weighted by Crippen LogP contribution is -2.50. The van der Waals surface area contributed by atoms with Crippen LogP contribution < -0.4 is 10.1 Å². The lowest BCUT2D eigenvalue weighted by Gasteiger charge is -2.36. The van der Waals surface area contributed by atoms with Gasteiger partial charge in [-0.2, -0.15) is 4.39 Å². The SMILES string of the molecule is COc1cc2ncc(-c3cc(F)nc(NCCC4(O)COC4)c3)n2cc1S(=O)(=O)C(C)(C)C. The molecular weight excluding hydrogens is 451 g/mol. The lowest BCUT2D eigenvalue weighted by molar-refractivity contribution is -0.179. The Kier molecular flexibility index (Phi) is 5.83. The summed E-state index contributed by atoms with van der Waals surface area (Å²) >= 11 is 0. The van der Waals surface area contributed by atoms with Gasteiger partial charge in [0, 0.05) is 30.4 Å². The molecule has 0 saturated carbocycles. The summed E-state index contributed by atoms with van der Waals surface area (Å²) in [5.74, 6) is -0.220. The predicted molar refractivity (Wildman–Crippen MR) is 121 cm³/mol. The van der Waals surface area contributed by atoms with E-state index in [9.17, 15) is 17.9 Å². The minimum absolute atomic E-state index is 0.0214. The maximum Gasteiger partial charge on any atom is 0.215 e. The fourth-order valence-electron chi connectivity index (χ4n) is 3.53. The molecule has 1 fully saturated rings. The molecule has 0 radical (unpaired) electrons. The number of aliphatic hydroxyl groups is 1. The van der Waals surface area contributed by atoms with Gasteiger partial charge in [-0.15, -0.1) is 0 Å². The predicted octanol–water partition coefficient (Wildman–Crippen LogP) is 2.68. The van der Waals surface area contributed by atoms with Crippen molar-refractivity contribution < 1.29 is 27.4 Å². The monoisotopic (exact) mass is 478 g/mol. The number of rotatable bonds is 7. The molecule has 9 nitrogen and oxygen atoms in total. The first-order chi connectivity index (χ1) is 15.4. The molecule has 0 amide bonds. The van der Waals surface area contributed by atoms with Crippen LogP contribution in [0.15, 0.2) is 35.5 Å². The van der Waals surface area contributed by atoms with Gasteiger partial charge in [0.05, 0.1) is 37.0 Å². The number of ether oxygens (including phenoxy) is 2. The van der Waals surface area contributed by atoms with Crippen LogP contribution in [-0.4, -0.2) is 65.1 Å². The Balaban J connectivity index is 1.72. The Morgan fingerprint density at radius 1 is 1.30 bits per heavy atom. The summed E-state index contributed by atoms with van der Waals surface area (Å²) < 4.78 is 51.6. The zero-order valence-corrected chi connectivity index (χ0v) is 19.7. The van der Waals surface area contributed by atoms with Crippen molar-refractivity contribution in [3.63, 3.8) is 0 Å². The second kappa shape index (κ2) is 8.23. The fraction of sp³-hybridized carbons (Fsp3) is 0.455. The Morgan fingerprint density at radius 2 is 2.03 bits per heavy atom. The highest BCUT2D eigenvalue weighted by Gasteiger charge is 2.36. The molecule has 178 valence electrons. The quantitative estimate of drug-likeness (QED) is 0.498. The number of imidazole rings is 1. The normalized spacial score (nSPS) is 15.9. The zero-order valence-electron chi connectivity index (χ0n) is 18.9. The molecule has 11 heteroatoms. The van der Waals surface area contributed by atoms with Gasteiger partial charge in [-0.1, -0.05) is 0 Å². The summed E-state index contributed by atoms with van der Waals surface area (Å²) in [6.45, 7) is 5.78. The number of sulfone groups is 1. The molecule has 0 spiro atoms. The molecule has 4 rings (SSSR count). The van der Waals surface area contributed by atoms with Crippen molar-refractivity contribution in [2.75, 3.05) is 32.2 Å². The summed E-state index contributed by atoms with van der Waals surface area (Å²) in [4.78, 5) is 8.23. The number of halogens is 1. The highest BCUT2D eigenvalue weighted by molar-refractivity contribution is 7.92. The highest BCUT2D eigenvalue weighted by Crippen LogP contribution is 2.34. The number of methoxy groups -OCH3 is 1. The largest absolute Gasteiger partial charge is 0.495 e. The molecule has 0 aliphatic carbocycles. The van der Waals surface area contributed by atoms with Gasteiger partial charge in [-0.3, -0.25) is 4.40 Å². The molecule has 0 bridgehead atoms. The van der Waals surface area contributed by atoms with E-state index in [0.717, 1.165) is 0 Å². The summed E-state index contributed by atoms with van der Waals surface area (Å²) in [5, 5.41) is 13.1. The van der Waals surface area contributed by atoms with Gasteiger partial charge in [0.15, 0.2) is 9.84 Å². The first-order valence-corrected chi connectivity index (χ1v) is 11.9. The van der Waals surface area contributed by atoms with Crippen LogP contribution in [-0.2, 0) is 14.6 Å². The van der Waals surface area contributed by atoms with Gasteiger partial charge < -0.3 is 19.9 Å². The third kappa shape index (κ3) is 4.40. The first-order valence-electron chi connectivity index (χ1n) is 10.5. The average Bonchev–Trinajstić information content (AvgIpc) is 3.13. The Bertz CT molecular complexity index is 1300. The van der Waals surface area contributed by atoms with Crippen LogP contribution >= 0.6 is 0 Å². The molecule has 3 aromatic rings. The van der Waals surface area contributed by atoms with Crippen molar-refractivity contribution in [3.8, 4) is 17.0 Å². The van der Waals surface area contributed by atoms with Gasteiger partial charge in [0.25, 0.3) is 0 Å². The topological polar surface area (TPSA) is 115 Å². The molecule has 1 saturated heterocycles. The number of hydrogen-bond donors (Lipinski definition) is 2. The molecule has 0 aromatic carbocycles. The smallest absolute Gasteiger partial charge is 0.215 e. The molecule has 0 atom stereocenters. The van der Waals surface area contributed by atoms with E-state index in [0.29, 0.717) is 35.7 Å². The van der Waals surface area contributed by atoms with Crippen molar-refractivity contribution in [3.05, 3.63) is 36.5 Å². The third-order valence-electron chi connectivity index (χ3n) is 5.62. The van der Waals surface area contributed by atoms with Gasteiger partial charge in [-0.05, 0) is 33.3 Å². The maximum atomic E-state index is 14.3. The van der Waals surface area contributed by atoms with Crippen molar-refractivity contribution in [1.82, 2.24) is 14.4 Å². The second-order valence-corrected chi connectivity index (χ2v) is 11.8. The lowest BCUT2D eigenvalue weighted by atomic mass is 9.98. The van der Waals surface area contributed by atoms with Crippen LogP contribution in [0.3, 0.4) is 0 Å². The number of hydrogen-bond acceptors (Lipinski definition) is 8. The summed E-state index contributed by atoms with van der Waals surface area (Å²) in [6, 6.07) is 4.44. The minimum atomic E-state index is -3.73. The van der Waals surface area contributed by atoms with Crippen LogP contribution in [0.2, 0.25) is 0 Å². The van der Waals surface area contributed by atoms with E-state index < -0.39 is 26.1 Å². The van der Waals surface area contributed by atoms with E-state index in [2.05, 4.69) is 15.3 Å². The van der Waals surface area contributed by atoms with Gasteiger partial charge in [-0.25, -0.2) is 18.4 Å². The van der Waals surface area contributed by atoms with Crippen LogP contribution in [0.25, 0.3) is 16.9 Å². The van der Waals surface area contributed by atoms with Crippen LogP contribution in [0.5, 0.6) is 5.75 Å². The Labute approximate surface area is 191 Å². The molecule has 2 N–H and O–H groups in total. The van der Waals surface area contributed by atoms with Gasteiger partial charge in [0.1, 0.15) is 27.7 Å². The summed E-state index contributed by atoms with van der Waals surface area (Å²) in [6.07, 6.45) is 3.42. The van der Waals surface area contributed by atoms with Crippen molar-refractivity contribution in [1.29, 1.82) is 0 Å². The van der Waals surface area contributed by atoms with Crippen LogP contribution in [0.1, 0.15) is 27.2 Å². The van der Waals surface area contributed by atoms with Crippen molar-refractivity contribution >= 4 is 21.3 Å². The Hall–Kier alpha value is -2.76. The number of nitrogens with one attached hydrogen (secondary N) is 1. The molecule has 1 aliphatic rings. The average molecular weight is 479 g/mol. The van der Waals surface area contributed by atoms with E-state index in [1.54, 1.807) is 37.3 Å². The van der Waals surface area contributed by atoms with E-state index in [4.69, 9.17) is 9.47 Å². The maximum absolute atomic E-state index is 14.3. The molecule has 4 heterocycles. The van der Waals surface area contributed by atoms with E-state index in [-0.39, 0.29) is 23.9 Å². The second-order valence-electron chi connectivity index (χ2n) is 9.15. The number of aromatic nitrogens is 3. The standard InChI is InChI=1S/C22H27FN4O5S/c1-21(2,3)33(29,30)17-11-27-15(10-25-20(27)9-16(17)31-4)14-7-18(23)26-19(8-14)24-6-5-22(28)12-32-13-22/h7-11,28H,5-6,12-13H2,1-4H3,(H,24,26). The highest BCUT2D eigenvalue weighted by atomic mass is 32.2. The molecule has 0 unspecified atom stereocenters. The van der Waals surface area contributed by atoms with Crippen LogP contribution in [0, 0.1) is 5.95 Å². The number of pyridine rings is 2. The number of fused-ring (bicyclic) bond motifs is 1. The molecule has 33 heavy (non-hydrogen) atoms. The van der Waals surface area contributed by atoms with Crippen LogP contribution in [0.4, 0.5) is 10.2 Å². The molecular formula is C22H27FN4O5S. The fourth-order valence-corrected chi connectivity index (χ4v) is 4.84. The summed E-state index contributed by atoms with van der Waals surface area (Å²) in [7, 11) is -2.33. The number of anilines is 1. The number of nitrogens with zero attached hydrogens (tertiary/aromatic N) is 3. The third-order valence-corrected chi connectivity index (χ3v) is 8.12. The van der Waals surface area contributed by atoms with Crippen molar-refractivity contribution in [2.45, 2.75) is 42.4 Å². The minimum Gasteiger partial charge on any atom is -0.495 e. The van der Waals surface area contributed by atoms with Crippen molar-refractivity contribution in [2.24, 2.45) is 0 Å². The van der Waals surface area contributed by atoms with E-state index >= 15 is 0 Å².